The Morgan fingerprint density at radius 1 is 1.52 bits per heavy atom. The Morgan fingerprint density at radius 3 is 3.05 bits per heavy atom. The summed E-state index contributed by atoms with van der Waals surface area (Å²) in [5.74, 6) is -0.267. The largest absolute Gasteiger partial charge is 0.479 e. The van der Waals surface area contributed by atoms with Crippen molar-refractivity contribution < 1.29 is 14.6 Å². The summed E-state index contributed by atoms with van der Waals surface area (Å²) in [6.45, 7) is 3.44. The average Bonchev–Trinajstić information content (AvgIpc) is 2.49. The normalized spacial score (nSPS) is 15.1. The number of aryl methyl sites for hydroxylation is 1. The van der Waals surface area contributed by atoms with Gasteiger partial charge in [0.15, 0.2) is 10.8 Å². The Bertz CT molecular complexity index is 664. The fraction of sp³-hybridized carbons (Fsp3) is 0.600. The fourth-order valence-electron chi connectivity index (χ4n) is 2.52. The number of hydrogen-bond acceptors (Lipinski definition) is 5. The Labute approximate surface area is 123 Å². The van der Waals surface area contributed by atoms with E-state index in [0.717, 1.165) is 36.7 Å². The second kappa shape index (κ2) is 7.26. The first-order valence-corrected chi connectivity index (χ1v) is 7.38. The minimum atomic E-state index is -0.267. The van der Waals surface area contributed by atoms with E-state index < -0.39 is 0 Å². The fourth-order valence-corrected chi connectivity index (χ4v) is 2.52. The second-order valence-electron chi connectivity index (χ2n) is 4.97. The molecule has 116 valence electrons. The van der Waals surface area contributed by atoms with Gasteiger partial charge in [-0.15, -0.1) is 0 Å². The first kappa shape index (κ1) is 15.6. The number of aromatic nitrogens is 2. The molecule has 0 fully saturated rings. The highest BCUT2D eigenvalue weighted by atomic mass is 16.6. The zero-order chi connectivity index (χ0) is 15.2. The lowest BCUT2D eigenvalue weighted by molar-refractivity contribution is 0.186. The van der Waals surface area contributed by atoms with Crippen LogP contribution in [-0.4, -0.2) is 35.0 Å². The highest BCUT2D eigenvalue weighted by molar-refractivity contribution is 5.28. The van der Waals surface area contributed by atoms with Crippen molar-refractivity contribution in [2.24, 2.45) is 0 Å². The van der Waals surface area contributed by atoms with Gasteiger partial charge in [-0.2, -0.15) is 0 Å². The molecule has 0 radical (unpaired) electrons. The van der Waals surface area contributed by atoms with E-state index in [1.165, 1.54) is 0 Å². The van der Waals surface area contributed by atoms with Crippen molar-refractivity contribution in [3.63, 3.8) is 0 Å². The smallest absolute Gasteiger partial charge is 0.307 e. The van der Waals surface area contributed by atoms with Crippen LogP contribution in [0.15, 0.2) is 0 Å². The average molecular weight is 293 g/mol. The van der Waals surface area contributed by atoms with Crippen molar-refractivity contribution >= 4 is 12.0 Å². The number of nitrogens with zero attached hydrogens (tertiary/aromatic N) is 2. The maximum atomic E-state index is 9.96. The number of hydrogen-bond donors (Lipinski definition) is 2. The topological polar surface area (TPSA) is 80.4 Å². The van der Waals surface area contributed by atoms with Gasteiger partial charge in [-0.25, -0.2) is 4.98 Å². The van der Waals surface area contributed by atoms with Crippen LogP contribution in [0.1, 0.15) is 31.9 Å². The van der Waals surface area contributed by atoms with Crippen molar-refractivity contribution in [3.05, 3.63) is 21.9 Å². The molecule has 1 heterocycles. The van der Waals surface area contributed by atoms with E-state index in [2.05, 4.69) is 11.1 Å². The summed E-state index contributed by atoms with van der Waals surface area (Å²) in [6, 6.07) is 0. The molecule has 2 rings (SSSR count). The van der Waals surface area contributed by atoms with Crippen LogP contribution in [-0.2, 0) is 22.4 Å². The molecule has 21 heavy (non-hydrogen) atoms. The molecule has 0 saturated carbocycles. The summed E-state index contributed by atoms with van der Waals surface area (Å²) in [7, 11) is 1.67. The van der Waals surface area contributed by atoms with Crippen LogP contribution >= 0.6 is 0 Å². The van der Waals surface area contributed by atoms with Crippen molar-refractivity contribution in [1.29, 1.82) is 5.41 Å². The van der Waals surface area contributed by atoms with E-state index in [4.69, 9.17) is 14.9 Å². The van der Waals surface area contributed by atoms with Crippen molar-refractivity contribution in [2.45, 2.75) is 39.2 Å². The quantitative estimate of drug-likeness (QED) is 0.733. The molecule has 0 unspecified atom stereocenters. The van der Waals surface area contributed by atoms with E-state index in [0.29, 0.717) is 19.8 Å². The first-order chi connectivity index (χ1) is 10.2. The molecule has 1 aromatic rings. The van der Waals surface area contributed by atoms with E-state index in [1.807, 2.05) is 4.57 Å². The maximum absolute atomic E-state index is 9.96. The summed E-state index contributed by atoms with van der Waals surface area (Å²) in [4.78, 5) is 4.44. The van der Waals surface area contributed by atoms with Crippen LogP contribution in [0.4, 0.5) is 0 Å². The monoisotopic (exact) mass is 293 g/mol. The number of rotatable bonds is 6. The zero-order valence-electron chi connectivity index (χ0n) is 12.7. The van der Waals surface area contributed by atoms with Gasteiger partial charge in [0.2, 0.25) is 0 Å². The van der Waals surface area contributed by atoms with E-state index in [-0.39, 0.29) is 16.8 Å². The molecule has 0 aromatic carbocycles. The summed E-state index contributed by atoms with van der Waals surface area (Å²) in [6.07, 6.45) is 5.84. The van der Waals surface area contributed by atoms with Gasteiger partial charge in [0.1, 0.15) is 0 Å². The molecule has 0 atom stereocenters. The van der Waals surface area contributed by atoms with Gasteiger partial charge in [0.25, 0.3) is 0 Å². The third-order valence-corrected chi connectivity index (χ3v) is 3.50. The molecule has 6 heteroatoms. The summed E-state index contributed by atoms with van der Waals surface area (Å²) < 4.78 is 12.1. The van der Waals surface area contributed by atoms with Crippen LogP contribution in [0.25, 0.3) is 12.0 Å². The maximum Gasteiger partial charge on any atom is 0.307 e. The van der Waals surface area contributed by atoms with Gasteiger partial charge in [-0.3, -0.25) is 5.41 Å². The third-order valence-electron chi connectivity index (χ3n) is 3.50. The number of methoxy groups -OCH3 is 1. The summed E-state index contributed by atoms with van der Waals surface area (Å²) in [5.41, 5.74) is 1.12. The van der Waals surface area contributed by atoms with Gasteiger partial charge >= 0.3 is 5.95 Å². The standard InChI is InChI=1S/C15H23N3O3/c1-3-21-15(19)13-14(16)18(9-6-10-20-2)12-8-5-4-7-11(12)17-13/h8,16,19H,3-7,9-10H2,1-2H3/b15-13-,16-14?. The predicted octanol–water partition coefficient (Wildman–Crippen LogP) is 0.176. The van der Waals surface area contributed by atoms with E-state index in [9.17, 15) is 5.11 Å². The van der Waals surface area contributed by atoms with Crippen molar-refractivity contribution in [1.82, 2.24) is 9.55 Å². The van der Waals surface area contributed by atoms with Gasteiger partial charge in [0.05, 0.1) is 17.6 Å². The molecule has 2 N–H and O–H groups in total. The number of aliphatic hydroxyl groups excluding tert-OH is 1. The van der Waals surface area contributed by atoms with Crippen LogP contribution in [0.5, 0.6) is 0 Å². The Hall–Kier alpha value is -1.82. The van der Waals surface area contributed by atoms with E-state index >= 15 is 0 Å². The Morgan fingerprint density at radius 2 is 2.33 bits per heavy atom. The van der Waals surface area contributed by atoms with Gasteiger partial charge in [0, 0.05) is 20.3 Å². The molecule has 0 spiro atoms. The Kier molecular flexibility index (Phi) is 5.38. The summed E-state index contributed by atoms with van der Waals surface area (Å²) >= 11 is 0. The van der Waals surface area contributed by atoms with Crippen molar-refractivity contribution in [2.75, 3.05) is 20.3 Å². The van der Waals surface area contributed by atoms with Crippen LogP contribution in [0.3, 0.4) is 0 Å². The van der Waals surface area contributed by atoms with Gasteiger partial charge in [-0.1, -0.05) is 6.08 Å². The highest BCUT2D eigenvalue weighted by Crippen LogP contribution is 2.03. The zero-order valence-corrected chi connectivity index (χ0v) is 12.7. The van der Waals surface area contributed by atoms with E-state index in [1.54, 1.807) is 14.0 Å². The molecular formula is C15H23N3O3. The number of fused-ring (bicyclic) bond motifs is 1. The predicted molar refractivity (Wildman–Crippen MR) is 78.9 cm³/mol. The van der Waals surface area contributed by atoms with Crippen molar-refractivity contribution in [3.8, 4) is 0 Å². The lowest BCUT2D eigenvalue weighted by atomic mass is 10.1. The van der Waals surface area contributed by atoms with Gasteiger partial charge < -0.3 is 19.1 Å². The molecular weight excluding hydrogens is 270 g/mol. The Balaban J connectivity index is 2.59. The minimum absolute atomic E-state index is 0.189. The second-order valence-corrected chi connectivity index (χ2v) is 4.97. The van der Waals surface area contributed by atoms with Gasteiger partial charge in [-0.05, 0) is 32.6 Å². The number of aliphatic hydroxyl groups is 1. The lowest BCUT2D eigenvalue weighted by Gasteiger charge is -2.15. The number of nitrogens with one attached hydrogen (secondary N) is 1. The molecule has 0 amide bonds. The minimum Gasteiger partial charge on any atom is -0.479 e. The molecule has 1 aliphatic carbocycles. The van der Waals surface area contributed by atoms with Crippen LogP contribution in [0.2, 0.25) is 0 Å². The first-order valence-electron chi connectivity index (χ1n) is 7.38. The molecule has 1 aliphatic rings. The third kappa shape index (κ3) is 3.44. The van der Waals surface area contributed by atoms with Crippen LogP contribution in [0, 0.1) is 5.41 Å². The molecule has 0 bridgehead atoms. The molecule has 1 aromatic heterocycles. The number of ether oxygens (including phenoxy) is 2. The molecule has 0 saturated heterocycles. The molecule has 0 aliphatic heterocycles. The SMILES string of the molecule is CCO/C(O)=c1\nc2c(n(CCCOC)c1=N)=CCCC2. The van der Waals surface area contributed by atoms with Crippen LogP contribution < -0.4 is 16.2 Å². The molecule has 6 nitrogen and oxygen atoms in total. The highest BCUT2D eigenvalue weighted by Gasteiger charge is 2.12. The summed E-state index contributed by atoms with van der Waals surface area (Å²) in [5, 5.41) is 19.5. The lowest BCUT2D eigenvalue weighted by Crippen LogP contribution is -2.49.